The number of halogens is 1. The van der Waals surface area contributed by atoms with Gasteiger partial charge in [0, 0.05) is 12.0 Å². The average Bonchev–Trinajstić information content (AvgIpc) is 3.40. The molecule has 5 rings (SSSR count). The van der Waals surface area contributed by atoms with Crippen LogP contribution in [-0.2, 0) is 0 Å². The molecule has 1 aliphatic rings. The lowest BCUT2D eigenvalue weighted by atomic mass is 9.94. The Morgan fingerprint density at radius 3 is 2.63 bits per heavy atom. The maximum absolute atomic E-state index is 12.3. The highest BCUT2D eigenvalue weighted by molar-refractivity contribution is 5.85. The monoisotopic (exact) mass is 428 g/mol. The summed E-state index contributed by atoms with van der Waals surface area (Å²) in [6, 6.07) is 9.06. The fourth-order valence-electron chi connectivity index (χ4n) is 3.84. The Morgan fingerprint density at radius 2 is 1.87 bits per heavy atom. The van der Waals surface area contributed by atoms with E-state index in [2.05, 4.69) is 25.6 Å². The van der Waals surface area contributed by atoms with Gasteiger partial charge in [0.1, 0.15) is 17.0 Å². The normalized spacial score (nSPS) is 14.6. The lowest BCUT2D eigenvalue weighted by Gasteiger charge is -2.23. The van der Waals surface area contributed by atoms with Gasteiger partial charge in [0.2, 0.25) is 0 Å². The molecule has 0 bridgehead atoms. The number of nitrogens with one attached hydrogen (secondary N) is 2. The van der Waals surface area contributed by atoms with Crippen LogP contribution in [0.5, 0.6) is 5.75 Å². The second-order valence-electron chi connectivity index (χ2n) is 7.01. The second kappa shape index (κ2) is 8.29. The number of ether oxygens (including phenoxy) is 1. The van der Waals surface area contributed by atoms with Crippen LogP contribution in [0.3, 0.4) is 0 Å². The topological polar surface area (TPSA) is 110 Å². The molecule has 0 unspecified atom stereocenters. The minimum Gasteiger partial charge on any atom is -0.496 e. The molecule has 0 atom stereocenters. The highest BCUT2D eigenvalue weighted by Crippen LogP contribution is 2.32. The zero-order valence-electron chi connectivity index (χ0n) is 16.3. The van der Waals surface area contributed by atoms with E-state index >= 15 is 0 Å². The summed E-state index contributed by atoms with van der Waals surface area (Å²) in [6.07, 6.45) is 3.58. The van der Waals surface area contributed by atoms with Crippen LogP contribution < -0.4 is 15.6 Å². The van der Waals surface area contributed by atoms with Crippen molar-refractivity contribution in [3.05, 3.63) is 52.6 Å². The van der Waals surface area contributed by atoms with E-state index in [0.29, 0.717) is 34.3 Å². The SMILES string of the molecule is COc1ccccc1-c1nnc(-c2cnn3c(C4CCNCC4)cc(=O)[nH]c23)o1.Cl. The van der Waals surface area contributed by atoms with Crippen molar-refractivity contribution in [2.24, 2.45) is 0 Å². The van der Waals surface area contributed by atoms with E-state index in [1.807, 2.05) is 24.3 Å². The summed E-state index contributed by atoms with van der Waals surface area (Å²) in [6.45, 7) is 1.86. The number of H-pyrrole nitrogens is 1. The molecule has 0 radical (unpaired) electrons. The summed E-state index contributed by atoms with van der Waals surface area (Å²) < 4.78 is 13.1. The number of benzene rings is 1. The first-order valence-corrected chi connectivity index (χ1v) is 9.53. The Kier molecular flexibility index (Phi) is 5.56. The van der Waals surface area contributed by atoms with Crippen molar-refractivity contribution >= 4 is 18.1 Å². The van der Waals surface area contributed by atoms with Gasteiger partial charge >= 0.3 is 0 Å². The van der Waals surface area contributed by atoms with E-state index in [1.54, 1.807) is 23.9 Å². The first-order chi connectivity index (χ1) is 14.2. The van der Waals surface area contributed by atoms with Gasteiger partial charge in [-0.2, -0.15) is 5.10 Å². The zero-order chi connectivity index (χ0) is 19.8. The van der Waals surface area contributed by atoms with Gasteiger partial charge in [0.15, 0.2) is 0 Å². The number of nitrogens with zero attached hydrogens (tertiary/aromatic N) is 4. The van der Waals surface area contributed by atoms with Gasteiger partial charge in [-0.15, -0.1) is 22.6 Å². The third kappa shape index (κ3) is 3.46. The minimum atomic E-state index is -0.169. The van der Waals surface area contributed by atoms with Crippen LogP contribution in [0, 0.1) is 0 Å². The maximum Gasteiger partial charge on any atom is 0.253 e. The second-order valence-corrected chi connectivity index (χ2v) is 7.01. The first-order valence-electron chi connectivity index (χ1n) is 9.53. The minimum absolute atomic E-state index is 0. The number of hydrogen-bond donors (Lipinski definition) is 2. The van der Waals surface area contributed by atoms with Gasteiger partial charge in [0.25, 0.3) is 17.3 Å². The number of aromatic amines is 1. The Bertz CT molecular complexity index is 1220. The molecule has 4 aromatic rings. The van der Waals surface area contributed by atoms with Gasteiger partial charge in [-0.05, 0) is 38.1 Å². The number of para-hydroxylation sites is 1. The summed E-state index contributed by atoms with van der Waals surface area (Å²) in [5.41, 5.74) is 2.58. The molecular formula is C20H21ClN6O3. The largest absolute Gasteiger partial charge is 0.496 e. The Hall–Kier alpha value is -3.17. The smallest absolute Gasteiger partial charge is 0.253 e. The fourth-order valence-corrected chi connectivity index (χ4v) is 3.84. The van der Waals surface area contributed by atoms with E-state index in [9.17, 15) is 4.79 Å². The number of hydrogen-bond acceptors (Lipinski definition) is 7. The molecule has 156 valence electrons. The predicted molar refractivity (Wildman–Crippen MR) is 113 cm³/mol. The standard InChI is InChI=1S/C20H20N6O3.ClH/c1-28-16-5-3-2-4-13(16)19-24-25-20(29-19)14-11-22-26-15(10-17(27)23-18(14)26)12-6-8-21-9-7-12;/h2-5,10-12,21H,6-9H2,1H3,(H,23,27);1H. The van der Waals surface area contributed by atoms with Crippen molar-refractivity contribution in [1.82, 2.24) is 30.1 Å². The van der Waals surface area contributed by atoms with Crippen molar-refractivity contribution in [2.75, 3.05) is 20.2 Å². The molecule has 1 aliphatic heterocycles. The number of piperidine rings is 1. The van der Waals surface area contributed by atoms with Crippen molar-refractivity contribution in [2.45, 2.75) is 18.8 Å². The predicted octanol–water partition coefficient (Wildman–Crippen LogP) is 2.64. The summed E-state index contributed by atoms with van der Waals surface area (Å²) in [4.78, 5) is 15.2. The molecular weight excluding hydrogens is 408 g/mol. The van der Waals surface area contributed by atoms with E-state index < -0.39 is 0 Å². The third-order valence-electron chi connectivity index (χ3n) is 5.28. The Balaban J connectivity index is 0.00000218. The molecule has 4 heterocycles. The van der Waals surface area contributed by atoms with Crippen LogP contribution in [0.4, 0.5) is 0 Å². The number of rotatable bonds is 4. The van der Waals surface area contributed by atoms with Gasteiger partial charge in [-0.25, -0.2) is 4.52 Å². The molecule has 3 aromatic heterocycles. The molecule has 0 aliphatic carbocycles. The van der Waals surface area contributed by atoms with E-state index in [0.717, 1.165) is 31.6 Å². The van der Waals surface area contributed by atoms with E-state index in [1.165, 1.54) is 0 Å². The lowest BCUT2D eigenvalue weighted by molar-refractivity contribution is 0.414. The van der Waals surface area contributed by atoms with Gasteiger partial charge < -0.3 is 19.5 Å². The Morgan fingerprint density at radius 1 is 1.13 bits per heavy atom. The van der Waals surface area contributed by atoms with E-state index in [-0.39, 0.29) is 23.9 Å². The summed E-state index contributed by atoms with van der Waals surface area (Å²) >= 11 is 0. The van der Waals surface area contributed by atoms with Crippen molar-refractivity contribution in [3.63, 3.8) is 0 Å². The van der Waals surface area contributed by atoms with Crippen LogP contribution in [-0.4, -0.2) is 45.0 Å². The van der Waals surface area contributed by atoms with Gasteiger partial charge in [-0.1, -0.05) is 12.1 Å². The van der Waals surface area contributed by atoms with Gasteiger partial charge in [0.05, 0.1) is 24.6 Å². The van der Waals surface area contributed by atoms with Gasteiger partial charge in [-0.3, -0.25) is 4.79 Å². The summed E-state index contributed by atoms with van der Waals surface area (Å²) in [7, 11) is 1.59. The molecule has 1 aromatic carbocycles. The molecule has 9 nitrogen and oxygen atoms in total. The average molecular weight is 429 g/mol. The highest BCUT2D eigenvalue weighted by atomic mass is 35.5. The molecule has 0 saturated carbocycles. The molecule has 0 spiro atoms. The van der Waals surface area contributed by atoms with Crippen LogP contribution >= 0.6 is 12.4 Å². The molecule has 10 heteroatoms. The van der Waals surface area contributed by atoms with Crippen molar-refractivity contribution in [3.8, 4) is 28.7 Å². The molecule has 30 heavy (non-hydrogen) atoms. The number of aromatic nitrogens is 5. The quantitative estimate of drug-likeness (QED) is 0.514. The van der Waals surface area contributed by atoms with Crippen molar-refractivity contribution in [1.29, 1.82) is 0 Å². The lowest BCUT2D eigenvalue weighted by Crippen LogP contribution is -2.28. The Labute approximate surface area is 177 Å². The number of methoxy groups -OCH3 is 1. The van der Waals surface area contributed by atoms with Crippen LogP contribution in [0.2, 0.25) is 0 Å². The summed E-state index contributed by atoms with van der Waals surface area (Å²) in [5.74, 6) is 1.55. The van der Waals surface area contributed by atoms with Crippen LogP contribution in [0.25, 0.3) is 28.6 Å². The first kappa shape index (κ1) is 20.1. The highest BCUT2D eigenvalue weighted by Gasteiger charge is 2.23. The molecule has 0 amide bonds. The maximum atomic E-state index is 12.3. The molecule has 2 N–H and O–H groups in total. The third-order valence-corrected chi connectivity index (χ3v) is 5.28. The molecule has 1 saturated heterocycles. The zero-order valence-corrected chi connectivity index (χ0v) is 17.1. The van der Waals surface area contributed by atoms with Crippen molar-refractivity contribution < 1.29 is 9.15 Å². The fraction of sp³-hybridized carbons (Fsp3) is 0.300. The number of fused-ring (bicyclic) bond motifs is 1. The molecule has 1 fully saturated rings. The summed E-state index contributed by atoms with van der Waals surface area (Å²) in [5, 5.41) is 16.2. The van der Waals surface area contributed by atoms with Crippen LogP contribution in [0.1, 0.15) is 24.5 Å². The van der Waals surface area contributed by atoms with E-state index in [4.69, 9.17) is 9.15 Å². The van der Waals surface area contributed by atoms with Crippen LogP contribution in [0.15, 0.2) is 45.7 Å².